The summed E-state index contributed by atoms with van der Waals surface area (Å²) >= 11 is 0. The molecular formula is C39H41N5O7S. The van der Waals surface area contributed by atoms with Gasteiger partial charge in [-0.15, -0.1) is 0 Å². The van der Waals surface area contributed by atoms with Gasteiger partial charge in [-0.2, -0.15) is 5.10 Å². The molecule has 13 heteroatoms. The highest BCUT2D eigenvalue weighted by atomic mass is 32.2. The number of anilines is 1. The van der Waals surface area contributed by atoms with Crippen molar-refractivity contribution in [3.8, 4) is 11.3 Å². The van der Waals surface area contributed by atoms with Crippen molar-refractivity contribution in [1.29, 1.82) is 0 Å². The summed E-state index contributed by atoms with van der Waals surface area (Å²) < 4.78 is 29.6. The molecule has 12 nitrogen and oxygen atoms in total. The summed E-state index contributed by atoms with van der Waals surface area (Å²) in [5.74, 6) is -4.06. The lowest BCUT2D eigenvalue weighted by Gasteiger charge is -2.35. The molecule has 1 aliphatic heterocycles. The molecule has 0 spiro atoms. The minimum absolute atomic E-state index is 0.0362. The number of likely N-dealkylation sites (tertiary alicyclic amines) is 1. The Hall–Kier alpha value is -5.53. The summed E-state index contributed by atoms with van der Waals surface area (Å²) in [5.41, 5.74) is 3.28. The van der Waals surface area contributed by atoms with Gasteiger partial charge in [0.15, 0.2) is 0 Å². The van der Waals surface area contributed by atoms with E-state index in [9.17, 15) is 27.9 Å². The van der Waals surface area contributed by atoms with Gasteiger partial charge in [-0.05, 0) is 86.6 Å². The highest BCUT2D eigenvalue weighted by molar-refractivity contribution is 7.89. The summed E-state index contributed by atoms with van der Waals surface area (Å²) in [6.45, 7) is 6.39. The van der Waals surface area contributed by atoms with Gasteiger partial charge in [0.05, 0.1) is 22.2 Å². The summed E-state index contributed by atoms with van der Waals surface area (Å²) in [6, 6.07) is 27.4. The standard InChI is InChI=1S/C39H41N5O7S/c1-39(2,3)51-38(48)44-20-18-24(19-21-44)29-14-7-8-15-30(29)34(37(46)47)33(25-10-5-4-6-11-25)36(45)41-27-16-17-32-31(23-27)35(43-42-32)26-12-9-13-28(22-26)52(40,49)50/h4-17,22-24,33-34H,18-21H2,1-3H3,(H,41,45)(H,42,43)(H,46,47)(H2,40,49,50). The lowest BCUT2D eigenvalue weighted by atomic mass is 9.75. The van der Waals surface area contributed by atoms with Gasteiger partial charge in [0.1, 0.15) is 11.3 Å². The zero-order valence-electron chi connectivity index (χ0n) is 29.1. The fourth-order valence-electron chi connectivity index (χ4n) is 6.83. The Labute approximate surface area is 302 Å². The number of nitrogens with two attached hydrogens (primary N) is 1. The summed E-state index contributed by atoms with van der Waals surface area (Å²) in [4.78, 5) is 42.1. The van der Waals surface area contributed by atoms with Crippen LogP contribution in [-0.2, 0) is 24.3 Å². The number of amides is 2. The van der Waals surface area contributed by atoms with Crippen molar-refractivity contribution >= 4 is 44.6 Å². The molecule has 52 heavy (non-hydrogen) atoms. The number of carboxylic acids is 1. The van der Waals surface area contributed by atoms with E-state index in [0.717, 1.165) is 5.56 Å². The first-order valence-electron chi connectivity index (χ1n) is 17.0. The number of nitrogens with zero attached hydrogens (tertiary/aromatic N) is 2. The number of fused-ring (bicyclic) bond motifs is 1. The Morgan fingerprint density at radius 3 is 2.29 bits per heavy atom. The number of aliphatic carboxylic acids is 1. The van der Waals surface area contributed by atoms with Crippen molar-refractivity contribution in [2.45, 2.75) is 61.9 Å². The van der Waals surface area contributed by atoms with Crippen LogP contribution in [0.1, 0.15) is 68.1 Å². The first kappa shape index (κ1) is 36.3. The number of aromatic amines is 1. The van der Waals surface area contributed by atoms with Crippen molar-refractivity contribution in [3.63, 3.8) is 0 Å². The third-order valence-corrected chi connectivity index (χ3v) is 10.1. The first-order valence-corrected chi connectivity index (χ1v) is 18.5. The van der Waals surface area contributed by atoms with Gasteiger partial charge in [0.2, 0.25) is 15.9 Å². The minimum Gasteiger partial charge on any atom is -0.481 e. The maximum Gasteiger partial charge on any atom is 0.410 e. The van der Waals surface area contributed by atoms with Gasteiger partial charge >= 0.3 is 12.1 Å². The van der Waals surface area contributed by atoms with Crippen LogP contribution >= 0.6 is 0 Å². The van der Waals surface area contributed by atoms with Crippen LogP contribution in [0.15, 0.2) is 102 Å². The number of aromatic nitrogens is 2. The molecular weight excluding hydrogens is 683 g/mol. The molecule has 2 heterocycles. The van der Waals surface area contributed by atoms with E-state index in [2.05, 4.69) is 15.5 Å². The minimum atomic E-state index is -3.95. The predicted octanol–water partition coefficient (Wildman–Crippen LogP) is 6.58. The van der Waals surface area contributed by atoms with Gasteiger partial charge < -0.3 is 20.1 Å². The highest BCUT2D eigenvalue weighted by Gasteiger charge is 2.39. The number of H-pyrrole nitrogens is 1. The van der Waals surface area contributed by atoms with Crippen LogP contribution in [0.2, 0.25) is 0 Å². The maximum atomic E-state index is 14.4. The number of hydrogen-bond acceptors (Lipinski definition) is 7. The molecule has 2 atom stereocenters. The van der Waals surface area contributed by atoms with E-state index in [0.29, 0.717) is 64.9 Å². The van der Waals surface area contributed by atoms with Crippen molar-refractivity contribution in [3.05, 3.63) is 114 Å². The van der Waals surface area contributed by atoms with Gasteiger partial charge in [-0.25, -0.2) is 18.4 Å². The molecule has 5 N–H and O–H groups in total. The molecule has 0 aliphatic carbocycles. The molecule has 0 bridgehead atoms. The summed E-state index contributed by atoms with van der Waals surface area (Å²) in [7, 11) is -3.95. The number of carbonyl (C=O) groups is 3. The van der Waals surface area contributed by atoms with Gasteiger partial charge in [0.25, 0.3) is 0 Å². The first-order chi connectivity index (χ1) is 24.7. The zero-order chi connectivity index (χ0) is 37.2. The largest absolute Gasteiger partial charge is 0.481 e. The Morgan fingerprint density at radius 1 is 0.923 bits per heavy atom. The van der Waals surface area contributed by atoms with Crippen LogP contribution in [-0.4, -0.2) is 65.3 Å². The monoisotopic (exact) mass is 723 g/mol. The Balaban J connectivity index is 1.32. The van der Waals surface area contributed by atoms with Gasteiger partial charge in [-0.1, -0.05) is 66.7 Å². The van der Waals surface area contributed by atoms with E-state index >= 15 is 0 Å². The number of carbonyl (C=O) groups excluding carboxylic acids is 2. The topological polar surface area (TPSA) is 185 Å². The zero-order valence-corrected chi connectivity index (χ0v) is 29.9. The third-order valence-electron chi connectivity index (χ3n) is 9.22. The van der Waals surface area contributed by atoms with Gasteiger partial charge in [-0.3, -0.25) is 14.7 Å². The normalized spacial score (nSPS) is 15.2. The van der Waals surface area contributed by atoms with Crippen molar-refractivity contribution in [2.24, 2.45) is 5.14 Å². The number of hydrogen-bond donors (Lipinski definition) is 4. The molecule has 2 unspecified atom stereocenters. The number of benzene rings is 4. The van der Waals surface area contributed by atoms with Crippen LogP contribution in [0.4, 0.5) is 10.5 Å². The second kappa shape index (κ2) is 14.6. The molecule has 0 saturated carbocycles. The van der Waals surface area contributed by atoms with E-state index in [-0.39, 0.29) is 16.9 Å². The van der Waals surface area contributed by atoms with E-state index < -0.39 is 39.3 Å². The van der Waals surface area contributed by atoms with Crippen molar-refractivity contribution < 1.29 is 32.6 Å². The van der Waals surface area contributed by atoms with Crippen LogP contribution in [0.3, 0.4) is 0 Å². The fraction of sp³-hybridized carbons (Fsp3) is 0.282. The van der Waals surface area contributed by atoms with E-state index in [1.807, 2.05) is 32.9 Å². The number of nitrogens with one attached hydrogen (secondary N) is 2. The highest BCUT2D eigenvalue weighted by Crippen LogP contribution is 2.41. The fourth-order valence-corrected chi connectivity index (χ4v) is 7.39. The molecule has 6 rings (SSSR count). The number of primary sulfonamides is 1. The molecule has 5 aromatic rings. The van der Waals surface area contributed by atoms with Crippen LogP contribution < -0.4 is 10.5 Å². The van der Waals surface area contributed by atoms with Crippen molar-refractivity contribution in [1.82, 2.24) is 15.1 Å². The average molecular weight is 724 g/mol. The van der Waals surface area contributed by atoms with E-state index in [4.69, 9.17) is 9.88 Å². The molecule has 1 aromatic heterocycles. The molecule has 0 radical (unpaired) electrons. The molecule has 1 aliphatic rings. The quantitative estimate of drug-likeness (QED) is 0.131. The van der Waals surface area contributed by atoms with Gasteiger partial charge in [0, 0.05) is 29.7 Å². The van der Waals surface area contributed by atoms with Crippen molar-refractivity contribution in [2.75, 3.05) is 18.4 Å². The molecule has 1 saturated heterocycles. The molecule has 1 fully saturated rings. The molecule has 270 valence electrons. The SMILES string of the molecule is CC(C)(C)OC(=O)N1CCC(c2ccccc2C(C(=O)O)C(C(=O)Nc2ccc3[nH]nc(-c4cccc(S(N)(=O)=O)c4)c3c2)c2ccccc2)CC1. The number of ether oxygens (including phenoxy) is 1. The number of piperidine rings is 1. The lowest BCUT2D eigenvalue weighted by molar-refractivity contribution is -0.141. The Kier molecular flexibility index (Phi) is 10.2. The second-order valence-electron chi connectivity index (χ2n) is 14.0. The van der Waals surface area contributed by atoms with Crippen LogP contribution in [0, 0.1) is 0 Å². The summed E-state index contributed by atoms with van der Waals surface area (Å²) in [5, 5.41) is 27.1. The smallest absolute Gasteiger partial charge is 0.410 e. The second-order valence-corrected chi connectivity index (χ2v) is 15.5. The number of sulfonamides is 1. The average Bonchev–Trinajstić information content (AvgIpc) is 3.53. The lowest BCUT2D eigenvalue weighted by Crippen LogP contribution is -2.41. The Morgan fingerprint density at radius 2 is 1.62 bits per heavy atom. The third kappa shape index (κ3) is 8.00. The number of rotatable bonds is 9. The molecule has 2 amide bonds. The van der Waals surface area contributed by atoms with Crippen LogP contribution in [0.5, 0.6) is 0 Å². The molecule has 4 aromatic carbocycles. The predicted molar refractivity (Wildman–Crippen MR) is 197 cm³/mol. The van der Waals surface area contributed by atoms with E-state index in [1.54, 1.807) is 77.7 Å². The Bertz CT molecular complexity index is 2220. The maximum absolute atomic E-state index is 14.4. The van der Waals surface area contributed by atoms with E-state index in [1.165, 1.54) is 12.1 Å². The number of carboxylic acid groups (broad SMARTS) is 1. The summed E-state index contributed by atoms with van der Waals surface area (Å²) in [6.07, 6.45) is 0.844. The van der Waals surface area contributed by atoms with Crippen LogP contribution in [0.25, 0.3) is 22.2 Å².